The van der Waals surface area contributed by atoms with Crippen LogP contribution in [0.4, 0.5) is 13.2 Å². The van der Waals surface area contributed by atoms with Gasteiger partial charge in [-0.3, -0.25) is 9.69 Å². The van der Waals surface area contributed by atoms with Gasteiger partial charge < -0.3 is 4.90 Å². The van der Waals surface area contributed by atoms with E-state index in [-0.39, 0.29) is 18.0 Å². The van der Waals surface area contributed by atoms with Crippen LogP contribution in [-0.4, -0.2) is 44.6 Å². The van der Waals surface area contributed by atoms with E-state index in [0.717, 1.165) is 19.0 Å². The number of hydrogen-bond donors (Lipinski definition) is 0. The number of nitrogens with zero attached hydrogens (tertiary/aromatic N) is 4. The normalized spacial score (nSPS) is 23.3. The molecule has 0 radical (unpaired) electrons. The lowest BCUT2D eigenvalue weighted by atomic mass is 10.1. The molecular weight excluding hydrogens is 361 g/mol. The highest BCUT2D eigenvalue weighted by atomic mass is 19.4. The van der Waals surface area contributed by atoms with Crippen LogP contribution in [0.25, 0.3) is 0 Å². The molecule has 2 atom stereocenters. The van der Waals surface area contributed by atoms with Gasteiger partial charge in [-0.05, 0) is 25.0 Å². The van der Waals surface area contributed by atoms with Gasteiger partial charge in [0.25, 0.3) is 0 Å². The molecule has 0 unspecified atom stereocenters. The highest BCUT2D eigenvalue weighted by Crippen LogP contribution is 2.35. The second-order valence-electron chi connectivity index (χ2n) is 7.11. The largest absolute Gasteiger partial charge is 0.416 e. The van der Waals surface area contributed by atoms with Crippen LogP contribution in [0.2, 0.25) is 0 Å². The number of fused-ring (bicyclic) bond motifs is 1. The van der Waals surface area contributed by atoms with Gasteiger partial charge in [0.15, 0.2) is 0 Å². The summed E-state index contributed by atoms with van der Waals surface area (Å²) in [6.45, 7) is 3.27. The number of likely N-dealkylation sites (tertiary alicyclic amines) is 2. The second-order valence-corrected chi connectivity index (χ2v) is 7.11. The van der Waals surface area contributed by atoms with E-state index in [4.69, 9.17) is 4.63 Å². The Morgan fingerprint density at radius 1 is 1.22 bits per heavy atom. The molecule has 2 aromatic rings. The highest BCUT2D eigenvalue weighted by molar-refractivity contribution is 5.80. The summed E-state index contributed by atoms with van der Waals surface area (Å²) >= 11 is 0. The molecule has 0 bridgehead atoms. The van der Waals surface area contributed by atoms with Gasteiger partial charge in [0, 0.05) is 31.6 Å². The predicted octanol–water partition coefficient (Wildman–Crippen LogP) is 2.77. The number of amides is 1. The fraction of sp³-hybridized carbons (Fsp3) is 0.500. The summed E-state index contributed by atoms with van der Waals surface area (Å²) in [4.78, 5) is 16.4. The third-order valence-electron chi connectivity index (χ3n) is 5.44. The zero-order chi connectivity index (χ0) is 19.2. The van der Waals surface area contributed by atoms with Gasteiger partial charge in [0.2, 0.25) is 5.91 Å². The van der Waals surface area contributed by atoms with Crippen molar-refractivity contribution in [2.45, 2.75) is 51.1 Å². The molecule has 27 heavy (non-hydrogen) atoms. The topological polar surface area (TPSA) is 62.5 Å². The van der Waals surface area contributed by atoms with Gasteiger partial charge in [0.05, 0.1) is 12.1 Å². The van der Waals surface area contributed by atoms with E-state index in [1.807, 2.05) is 0 Å². The van der Waals surface area contributed by atoms with E-state index < -0.39 is 11.7 Å². The number of benzene rings is 1. The van der Waals surface area contributed by atoms with Crippen LogP contribution in [-0.2, 0) is 24.1 Å². The average molecular weight is 380 g/mol. The number of hydrogen-bond acceptors (Lipinski definition) is 5. The van der Waals surface area contributed by atoms with Crippen molar-refractivity contribution in [3.8, 4) is 0 Å². The lowest BCUT2D eigenvalue weighted by molar-refractivity contribution is -0.137. The predicted molar refractivity (Wildman–Crippen MR) is 88.2 cm³/mol. The molecule has 6 nitrogen and oxygen atoms in total. The molecule has 2 fully saturated rings. The SMILES string of the molecule is Cc1nonc1CN1C(=O)C[C@H]2[C@@H]1CCN2Cc1cccc(C(F)(F)F)c1. The van der Waals surface area contributed by atoms with Crippen molar-refractivity contribution < 1.29 is 22.6 Å². The molecule has 2 aliphatic heterocycles. The van der Waals surface area contributed by atoms with Gasteiger partial charge in [-0.2, -0.15) is 13.2 Å². The van der Waals surface area contributed by atoms with Gasteiger partial charge in [-0.25, -0.2) is 4.63 Å². The van der Waals surface area contributed by atoms with Crippen LogP contribution in [0.5, 0.6) is 0 Å². The Morgan fingerprint density at radius 3 is 2.74 bits per heavy atom. The molecule has 0 aliphatic carbocycles. The van der Waals surface area contributed by atoms with E-state index in [9.17, 15) is 18.0 Å². The van der Waals surface area contributed by atoms with Crippen molar-refractivity contribution in [2.75, 3.05) is 6.54 Å². The van der Waals surface area contributed by atoms with Gasteiger partial charge >= 0.3 is 6.18 Å². The Kier molecular flexibility index (Phi) is 4.41. The number of carbonyl (C=O) groups excluding carboxylic acids is 1. The smallest absolute Gasteiger partial charge is 0.332 e. The van der Waals surface area contributed by atoms with Crippen molar-refractivity contribution in [2.24, 2.45) is 0 Å². The Morgan fingerprint density at radius 2 is 2.04 bits per heavy atom. The first-order valence-corrected chi connectivity index (χ1v) is 8.80. The molecule has 3 heterocycles. The van der Waals surface area contributed by atoms with E-state index in [1.165, 1.54) is 12.1 Å². The van der Waals surface area contributed by atoms with Gasteiger partial charge in [-0.1, -0.05) is 28.5 Å². The first kappa shape index (κ1) is 18.0. The molecule has 144 valence electrons. The van der Waals surface area contributed by atoms with Crippen LogP contribution in [0.3, 0.4) is 0 Å². The van der Waals surface area contributed by atoms with Crippen molar-refractivity contribution >= 4 is 5.91 Å². The molecule has 1 aromatic carbocycles. The van der Waals surface area contributed by atoms with E-state index in [2.05, 4.69) is 15.2 Å². The van der Waals surface area contributed by atoms with Crippen LogP contribution >= 0.6 is 0 Å². The minimum Gasteiger partial charge on any atom is -0.332 e. The molecule has 1 aromatic heterocycles. The van der Waals surface area contributed by atoms with E-state index in [1.54, 1.807) is 17.9 Å². The molecule has 1 amide bonds. The van der Waals surface area contributed by atoms with Crippen molar-refractivity contribution in [1.82, 2.24) is 20.1 Å². The van der Waals surface area contributed by atoms with Crippen LogP contribution in [0.15, 0.2) is 28.9 Å². The molecular formula is C18H19F3N4O2. The Balaban J connectivity index is 1.47. The summed E-state index contributed by atoms with van der Waals surface area (Å²) in [5, 5.41) is 7.59. The number of alkyl halides is 3. The third-order valence-corrected chi connectivity index (χ3v) is 5.44. The van der Waals surface area contributed by atoms with Crippen molar-refractivity contribution in [3.05, 3.63) is 46.8 Å². The zero-order valence-electron chi connectivity index (χ0n) is 14.7. The number of carbonyl (C=O) groups is 1. The number of aromatic nitrogens is 2. The van der Waals surface area contributed by atoms with Crippen molar-refractivity contribution in [3.63, 3.8) is 0 Å². The quantitative estimate of drug-likeness (QED) is 0.816. The first-order chi connectivity index (χ1) is 12.8. The molecule has 0 spiro atoms. The second kappa shape index (κ2) is 6.63. The molecule has 0 saturated carbocycles. The van der Waals surface area contributed by atoms with E-state index in [0.29, 0.717) is 36.5 Å². The summed E-state index contributed by atoms with van der Waals surface area (Å²) in [5.74, 6) is 0.0288. The molecule has 4 rings (SSSR count). The lowest BCUT2D eigenvalue weighted by Crippen LogP contribution is -2.37. The summed E-state index contributed by atoms with van der Waals surface area (Å²) in [6.07, 6.45) is -3.19. The average Bonchev–Trinajstić information content (AvgIpc) is 3.27. The van der Waals surface area contributed by atoms with Crippen LogP contribution < -0.4 is 0 Å². The Bertz CT molecular complexity index is 851. The fourth-order valence-electron chi connectivity index (χ4n) is 4.05. The number of halogens is 3. The van der Waals surface area contributed by atoms with Crippen molar-refractivity contribution in [1.29, 1.82) is 0 Å². The standard InChI is InChI=1S/C18H19F3N4O2/c1-11-14(23-27-22-11)10-25-15-5-6-24(16(15)8-17(25)26)9-12-3-2-4-13(7-12)18(19,20)21/h2-4,7,15-16H,5-6,8-10H2,1H3/t15-,16-/m0/s1. The maximum absolute atomic E-state index is 12.9. The summed E-state index contributed by atoms with van der Waals surface area (Å²) < 4.78 is 43.5. The van der Waals surface area contributed by atoms with Gasteiger partial charge in [-0.15, -0.1) is 0 Å². The van der Waals surface area contributed by atoms with Gasteiger partial charge in [0.1, 0.15) is 11.4 Å². The first-order valence-electron chi connectivity index (χ1n) is 8.80. The maximum atomic E-state index is 12.9. The molecule has 2 saturated heterocycles. The monoisotopic (exact) mass is 380 g/mol. The van der Waals surface area contributed by atoms with Crippen LogP contribution in [0.1, 0.15) is 35.4 Å². The minimum absolute atomic E-state index is 0.00668. The maximum Gasteiger partial charge on any atom is 0.416 e. The lowest BCUT2D eigenvalue weighted by Gasteiger charge is -2.25. The highest BCUT2D eigenvalue weighted by Gasteiger charge is 2.46. The zero-order valence-corrected chi connectivity index (χ0v) is 14.7. The third kappa shape index (κ3) is 3.43. The molecule has 2 aliphatic rings. The molecule has 9 heteroatoms. The van der Waals surface area contributed by atoms with Crippen LogP contribution in [0, 0.1) is 6.92 Å². The summed E-state index contributed by atoms with van der Waals surface area (Å²) in [5.41, 5.74) is 1.26. The minimum atomic E-state index is -4.35. The Labute approximate surface area is 153 Å². The number of aryl methyl sites for hydroxylation is 1. The van der Waals surface area contributed by atoms with E-state index >= 15 is 0 Å². The fourth-order valence-corrected chi connectivity index (χ4v) is 4.05. The summed E-state index contributed by atoms with van der Waals surface area (Å²) in [7, 11) is 0. The molecule has 0 N–H and O–H groups in total. The summed E-state index contributed by atoms with van der Waals surface area (Å²) in [6, 6.07) is 5.43. The number of rotatable bonds is 4. The Hall–Kier alpha value is -2.42.